The average Bonchev–Trinajstić information content (AvgIpc) is 2.80. The Morgan fingerprint density at radius 3 is 2.65 bits per heavy atom. The molecule has 0 radical (unpaired) electrons. The molecule has 0 aliphatic carbocycles. The summed E-state index contributed by atoms with van der Waals surface area (Å²) in [4.78, 5) is 13.5. The lowest BCUT2D eigenvalue weighted by atomic mass is 9.87. The number of carboxylic acid groups (broad SMARTS) is 1. The number of nitrogens with zero attached hydrogens (tertiary/aromatic N) is 1. The number of hydrogen-bond acceptors (Lipinski definition) is 3. The highest BCUT2D eigenvalue weighted by atomic mass is 16.5. The van der Waals surface area contributed by atoms with Crippen molar-refractivity contribution in [3.63, 3.8) is 0 Å². The lowest BCUT2D eigenvalue weighted by Crippen LogP contribution is -2.43. The fourth-order valence-electron chi connectivity index (χ4n) is 2.21. The van der Waals surface area contributed by atoms with Crippen LogP contribution in [0.1, 0.15) is 40.0 Å². The Kier molecular flexibility index (Phi) is 5.40. The standard InChI is InChI=1S/C13H25NO3/c1-4-13(3,12(15)16)10-14(5-2)9-11-7-6-8-17-11/h11H,4-10H2,1-3H3,(H,15,16). The molecule has 0 aromatic heterocycles. The van der Waals surface area contributed by atoms with Gasteiger partial charge in [-0.1, -0.05) is 13.8 Å². The highest BCUT2D eigenvalue weighted by Crippen LogP contribution is 2.24. The molecule has 4 nitrogen and oxygen atoms in total. The fraction of sp³-hybridized carbons (Fsp3) is 0.923. The monoisotopic (exact) mass is 243 g/mol. The molecule has 0 bridgehead atoms. The zero-order chi connectivity index (χ0) is 12.9. The van der Waals surface area contributed by atoms with E-state index in [4.69, 9.17) is 4.74 Å². The molecule has 0 aromatic carbocycles. The fourth-order valence-corrected chi connectivity index (χ4v) is 2.21. The summed E-state index contributed by atoms with van der Waals surface area (Å²) in [5, 5.41) is 9.28. The van der Waals surface area contributed by atoms with Crippen LogP contribution in [0.25, 0.3) is 0 Å². The van der Waals surface area contributed by atoms with Gasteiger partial charge in [0, 0.05) is 19.7 Å². The third-order valence-corrected chi connectivity index (χ3v) is 3.80. The predicted octanol–water partition coefficient (Wildman–Crippen LogP) is 1.99. The lowest BCUT2D eigenvalue weighted by Gasteiger charge is -2.32. The van der Waals surface area contributed by atoms with E-state index < -0.39 is 11.4 Å². The van der Waals surface area contributed by atoms with E-state index in [0.29, 0.717) is 19.1 Å². The highest BCUT2D eigenvalue weighted by molar-refractivity contribution is 5.74. The second kappa shape index (κ2) is 6.36. The number of hydrogen-bond donors (Lipinski definition) is 1. The molecule has 2 unspecified atom stereocenters. The Bertz CT molecular complexity index is 251. The van der Waals surface area contributed by atoms with Crippen molar-refractivity contribution in [1.29, 1.82) is 0 Å². The number of rotatable bonds is 7. The van der Waals surface area contributed by atoms with Gasteiger partial charge in [0.2, 0.25) is 0 Å². The second-order valence-corrected chi connectivity index (χ2v) is 5.18. The number of aliphatic carboxylic acids is 1. The SMILES string of the molecule is CCN(CC1CCCO1)CC(C)(CC)C(=O)O. The molecule has 0 aromatic rings. The van der Waals surface area contributed by atoms with Crippen LogP contribution in [0.4, 0.5) is 0 Å². The van der Waals surface area contributed by atoms with Gasteiger partial charge < -0.3 is 9.84 Å². The first-order chi connectivity index (χ1) is 8.01. The van der Waals surface area contributed by atoms with E-state index in [0.717, 1.165) is 32.5 Å². The Hall–Kier alpha value is -0.610. The minimum atomic E-state index is -0.703. The van der Waals surface area contributed by atoms with E-state index in [1.807, 2.05) is 13.8 Å². The molecule has 0 spiro atoms. The lowest BCUT2D eigenvalue weighted by molar-refractivity contribution is -0.149. The molecule has 17 heavy (non-hydrogen) atoms. The van der Waals surface area contributed by atoms with Gasteiger partial charge in [0.25, 0.3) is 0 Å². The van der Waals surface area contributed by atoms with Crippen molar-refractivity contribution < 1.29 is 14.6 Å². The second-order valence-electron chi connectivity index (χ2n) is 5.18. The van der Waals surface area contributed by atoms with Crippen molar-refractivity contribution in [2.75, 3.05) is 26.2 Å². The summed E-state index contributed by atoms with van der Waals surface area (Å²) in [6.45, 7) is 9.04. The predicted molar refractivity (Wildman–Crippen MR) is 67.1 cm³/mol. The summed E-state index contributed by atoms with van der Waals surface area (Å²) in [6.07, 6.45) is 3.19. The molecule has 1 aliphatic rings. The molecule has 4 heteroatoms. The molecule has 1 aliphatic heterocycles. The molecular weight excluding hydrogens is 218 g/mol. The van der Waals surface area contributed by atoms with Gasteiger partial charge in [-0.3, -0.25) is 9.69 Å². The third kappa shape index (κ3) is 3.96. The summed E-state index contributed by atoms with van der Waals surface area (Å²) in [6, 6.07) is 0. The molecule has 1 rings (SSSR count). The van der Waals surface area contributed by atoms with E-state index in [9.17, 15) is 9.90 Å². The van der Waals surface area contributed by atoms with E-state index in [1.165, 1.54) is 0 Å². The van der Waals surface area contributed by atoms with Crippen molar-refractivity contribution in [2.24, 2.45) is 5.41 Å². The van der Waals surface area contributed by atoms with Crippen molar-refractivity contribution >= 4 is 5.97 Å². The maximum absolute atomic E-state index is 11.3. The van der Waals surface area contributed by atoms with E-state index in [2.05, 4.69) is 11.8 Å². The third-order valence-electron chi connectivity index (χ3n) is 3.80. The van der Waals surface area contributed by atoms with Gasteiger partial charge in [-0.2, -0.15) is 0 Å². The van der Waals surface area contributed by atoms with Gasteiger partial charge in [-0.25, -0.2) is 0 Å². The quantitative estimate of drug-likeness (QED) is 0.743. The topological polar surface area (TPSA) is 49.8 Å². The molecule has 1 N–H and O–H groups in total. The Morgan fingerprint density at radius 2 is 2.24 bits per heavy atom. The normalized spacial score (nSPS) is 23.9. The Morgan fingerprint density at radius 1 is 1.53 bits per heavy atom. The molecule has 100 valence electrons. The Balaban J connectivity index is 2.52. The first-order valence-corrected chi connectivity index (χ1v) is 6.59. The van der Waals surface area contributed by atoms with Crippen LogP contribution in [0.3, 0.4) is 0 Å². The van der Waals surface area contributed by atoms with Crippen molar-refractivity contribution in [3.05, 3.63) is 0 Å². The van der Waals surface area contributed by atoms with E-state index in [1.54, 1.807) is 0 Å². The summed E-state index contributed by atoms with van der Waals surface area (Å²) < 4.78 is 5.60. The maximum atomic E-state index is 11.3. The molecule has 1 saturated heterocycles. The summed E-state index contributed by atoms with van der Waals surface area (Å²) in [5.41, 5.74) is -0.644. The molecule has 2 atom stereocenters. The highest BCUT2D eigenvalue weighted by Gasteiger charge is 2.33. The first-order valence-electron chi connectivity index (χ1n) is 6.59. The van der Waals surface area contributed by atoms with Crippen LogP contribution in [-0.2, 0) is 9.53 Å². The van der Waals surface area contributed by atoms with Gasteiger partial charge in [0.05, 0.1) is 11.5 Å². The minimum Gasteiger partial charge on any atom is -0.481 e. The molecule has 1 fully saturated rings. The number of ether oxygens (including phenoxy) is 1. The largest absolute Gasteiger partial charge is 0.481 e. The van der Waals surface area contributed by atoms with Crippen molar-refractivity contribution in [3.8, 4) is 0 Å². The molecular formula is C13H25NO3. The van der Waals surface area contributed by atoms with Gasteiger partial charge in [0.15, 0.2) is 0 Å². The number of carbonyl (C=O) groups is 1. The van der Waals surface area contributed by atoms with Crippen LogP contribution in [0, 0.1) is 5.41 Å². The van der Waals surface area contributed by atoms with Gasteiger partial charge in [-0.15, -0.1) is 0 Å². The average molecular weight is 243 g/mol. The number of carboxylic acids is 1. The number of likely N-dealkylation sites (N-methyl/N-ethyl adjacent to an activating group) is 1. The summed E-state index contributed by atoms with van der Waals surface area (Å²) in [5.74, 6) is -0.703. The van der Waals surface area contributed by atoms with Crippen LogP contribution in [0.15, 0.2) is 0 Å². The van der Waals surface area contributed by atoms with Crippen LogP contribution >= 0.6 is 0 Å². The van der Waals surface area contributed by atoms with Gasteiger partial charge >= 0.3 is 5.97 Å². The maximum Gasteiger partial charge on any atom is 0.310 e. The van der Waals surface area contributed by atoms with Crippen LogP contribution in [0.2, 0.25) is 0 Å². The van der Waals surface area contributed by atoms with Gasteiger partial charge in [-0.05, 0) is 32.7 Å². The zero-order valence-corrected chi connectivity index (χ0v) is 11.2. The first kappa shape index (κ1) is 14.5. The van der Waals surface area contributed by atoms with Crippen molar-refractivity contribution in [1.82, 2.24) is 4.90 Å². The minimum absolute atomic E-state index is 0.296. The van der Waals surface area contributed by atoms with Crippen molar-refractivity contribution in [2.45, 2.75) is 46.1 Å². The smallest absolute Gasteiger partial charge is 0.310 e. The zero-order valence-electron chi connectivity index (χ0n) is 11.2. The molecule has 1 heterocycles. The molecule has 0 amide bonds. The molecule has 0 saturated carbocycles. The van der Waals surface area contributed by atoms with Crippen LogP contribution < -0.4 is 0 Å². The van der Waals surface area contributed by atoms with Crippen LogP contribution in [0.5, 0.6) is 0 Å². The van der Waals surface area contributed by atoms with E-state index in [-0.39, 0.29) is 0 Å². The van der Waals surface area contributed by atoms with E-state index >= 15 is 0 Å². The summed E-state index contributed by atoms with van der Waals surface area (Å²) in [7, 11) is 0. The van der Waals surface area contributed by atoms with Gasteiger partial charge in [0.1, 0.15) is 0 Å². The van der Waals surface area contributed by atoms with Crippen LogP contribution in [-0.4, -0.2) is 48.3 Å². The summed E-state index contributed by atoms with van der Waals surface area (Å²) >= 11 is 0. The Labute approximate surface area is 104 Å².